The molecule has 0 spiro atoms. The summed E-state index contributed by atoms with van der Waals surface area (Å²) >= 11 is 0. The minimum atomic E-state index is -0.579. The van der Waals surface area contributed by atoms with Crippen LogP contribution in [0.1, 0.15) is 6.42 Å². The first-order valence-corrected chi connectivity index (χ1v) is 7.80. The van der Waals surface area contributed by atoms with Crippen molar-refractivity contribution < 1.29 is 18.9 Å². The van der Waals surface area contributed by atoms with Gasteiger partial charge in [-0.1, -0.05) is 12.1 Å². The molecule has 2 N–H and O–H groups in total. The normalized spacial score (nSPS) is 16.4. The quantitative estimate of drug-likeness (QED) is 0.647. The maximum absolute atomic E-state index is 13.3. The van der Waals surface area contributed by atoms with Gasteiger partial charge in [0.05, 0.1) is 11.0 Å². The highest BCUT2D eigenvalue weighted by Crippen LogP contribution is 2.22. The number of urea groups is 1. The van der Waals surface area contributed by atoms with Crippen molar-refractivity contribution in [3.05, 3.63) is 64.5 Å². The van der Waals surface area contributed by atoms with E-state index in [-0.39, 0.29) is 30.2 Å². The second kappa shape index (κ2) is 7.18. The lowest BCUT2D eigenvalue weighted by Gasteiger charge is -2.17. The molecule has 0 aromatic heterocycles. The van der Waals surface area contributed by atoms with Gasteiger partial charge < -0.3 is 15.5 Å². The molecule has 0 radical (unpaired) electrons. The van der Waals surface area contributed by atoms with Crippen LogP contribution in [0.5, 0.6) is 0 Å². The number of nitrogens with one attached hydrogen (secondary N) is 2. The monoisotopic (exact) mass is 358 g/mol. The van der Waals surface area contributed by atoms with Crippen molar-refractivity contribution in [1.82, 2.24) is 5.32 Å². The van der Waals surface area contributed by atoms with Gasteiger partial charge in [-0.3, -0.25) is 14.9 Å². The zero-order valence-electron chi connectivity index (χ0n) is 13.5. The van der Waals surface area contributed by atoms with Crippen LogP contribution < -0.4 is 15.5 Å². The number of hydrogen-bond donors (Lipinski definition) is 2. The Morgan fingerprint density at radius 1 is 1.23 bits per heavy atom. The Bertz CT molecular complexity index is 873. The SMILES string of the molecule is O=C(Nc1cccc([N+](=O)[O-])c1)NC1CC(=O)N(c2cccc(F)c2)C1. The largest absolute Gasteiger partial charge is 0.333 e. The molecule has 2 aromatic rings. The van der Waals surface area contributed by atoms with Crippen molar-refractivity contribution in [3.8, 4) is 0 Å². The van der Waals surface area contributed by atoms with Gasteiger partial charge in [0.1, 0.15) is 5.82 Å². The van der Waals surface area contributed by atoms with Crippen LogP contribution in [-0.4, -0.2) is 29.4 Å². The highest BCUT2D eigenvalue weighted by molar-refractivity contribution is 5.97. The van der Waals surface area contributed by atoms with Crippen LogP contribution in [-0.2, 0) is 4.79 Å². The van der Waals surface area contributed by atoms with Crippen molar-refractivity contribution in [1.29, 1.82) is 0 Å². The van der Waals surface area contributed by atoms with Gasteiger partial charge in [0.25, 0.3) is 5.69 Å². The topological polar surface area (TPSA) is 105 Å². The molecule has 134 valence electrons. The van der Waals surface area contributed by atoms with Gasteiger partial charge in [-0.05, 0) is 24.3 Å². The maximum atomic E-state index is 13.3. The zero-order chi connectivity index (χ0) is 18.7. The van der Waals surface area contributed by atoms with Gasteiger partial charge in [0.15, 0.2) is 0 Å². The number of hydrogen-bond acceptors (Lipinski definition) is 4. The van der Waals surface area contributed by atoms with Crippen LogP contribution in [0.2, 0.25) is 0 Å². The fourth-order valence-electron chi connectivity index (χ4n) is 2.75. The average Bonchev–Trinajstić information content (AvgIpc) is 2.95. The second-order valence-electron chi connectivity index (χ2n) is 5.79. The summed E-state index contributed by atoms with van der Waals surface area (Å²) in [4.78, 5) is 35.8. The van der Waals surface area contributed by atoms with Gasteiger partial charge in [0, 0.05) is 36.5 Å². The number of rotatable bonds is 4. The lowest BCUT2D eigenvalue weighted by Crippen LogP contribution is -2.39. The van der Waals surface area contributed by atoms with E-state index in [4.69, 9.17) is 0 Å². The van der Waals surface area contributed by atoms with Crippen LogP contribution in [0.15, 0.2) is 48.5 Å². The van der Waals surface area contributed by atoms with E-state index in [9.17, 15) is 24.1 Å². The molecular weight excluding hydrogens is 343 g/mol. The molecule has 26 heavy (non-hydrogen) atoms. The third-order valence-electron chi connectivity index (χ3n) is 3.89. The number of nitro benzene ring substituents is 1. The van der Waals surface area contributed by atoms with E-state index in [1.165, 1.54) is 47.4 Å². The Morgan fingerprint density at radius 2 is 2.00 bits per heavy atom. The van der Waals surface area contributed by atoms with Gasteiger partial charge in [-0.15, -0.1) is 0 Å². The molecule has 0 saturated carbocycles. The Hall–Kier alpha value is -3.49. The molecule has 9 heteroatoms. The second-order valence-corrected chi connectivity index (χ2v) is 5.79. The number of carbonyl (C=O) groups is 2. The molecule has 1 saturated heterocycles. The fourth-order valence-corrected chi connectivity index (χ4v) is 2.75. The van der Waals surface area contributed by atoms with E-state index in [0.29, 0.717) is 5.69 Å². The predicted octanol–water partition coefficient (Wildman–Crippen LogP) is 2.66. The first kappa shape index (κ1) is 17.3. The number of non-ortho nitro benzene ring substituents is 1. The first-order chi connectivity index (χ1) is 12.4. The van der Waals surface area contributed by atoms with Crippen LogP contribution in [0, 0.1) is 15.9 Å². The summed E-state index contributed by atoms with van der Waals surface area (Å²) in [5, 5.41) is 15.9. The molecule has 3 rings (SSSR count). The van der Waals surface area contributed by atoms with Crippen LogP contribution in [0.3, 0.4) is 0 Å². The van der Waals surface area contributed by atoms with Crippen molar-refractivity contribution in [3.63, 3.8) is 0 Å². The van der Waals surface area contributed by atoms with Crippen molar-refractivity contribution in [2.45, 2.75) is 12.5 Å². The average molecular weight is 358 g/mol. The number of halogens is 1. The number of anilines is 2. The molecule has 3 amide bonds. The number of amides is 3. The summed E-state index contributed by atoms with van der Waals surface area (Å²) in [6.45, 7) is 0.213. The summed E-state index contributed by atoms with van der Waals surface area (Å²) in [7, 11) is 0. The Morgan fingerprint density at radius 3 is 2.73 bits per heavy atom. The van der Waals surface area contributed by atoms with E-state index in [2.05, 4.69) is 10.6 Å². The first-order valence-electron chi connectivity index (χ1n) is 7.80. The third-order valence-corrected chi connectivity index (χ3v) is 3.89. The highest BCUT2D eigenvalue weighted by Gasteiger charge is 2.31. The lowest BCUT2D eigenvalue weighted by atomic mass is 10.2. The lowest BCUT2D eigenvalue weighted by molar-refractivity contribution is -0.384. The Balaban J connectivity index is 1.61. The van der Waals surface area contributed by atoms with E-state index in [1.807, 2.05) is 0 Å². The van der Waals surface area contributed by atoms with E-state index >= 15 is 0 Å². The maximum Gasteiger partial charge on any atom is 0.319 e. The van der Waals surface area contributed by atoms with Crippen LogP contribution in [0.25, 0.3) is 0 Å². The summed E-state index contributed by atoms with van der Waals surface area (Å²) in [5.41, 5.74) is 0.553. The molecule has 0 aliphatic carbocycles. The minimum Gasteiger partial charge on any atom is -0.333 e. The van der Waals surface area contributed by atoms with E-state index in [0.717, 1.165) is 0 Å². The molecule has 8 nitrogen and oxygen atoms in total. The molecule has 2 aromatic carbocycles. The van der Waals surface area contributed by atoms with Gasteiger partial charge in [0.2, 0.25) is 5.91 Å². The number of carbonyl (C=O) groups excluding carboxylic acids is 2. The molecule has 1 unspecified atom stereocenters. The van der Waals surface area contributed by atoms with Gasteiger partial charge >= 0.3 is 6.03 Å². The summed E-state index contributed by atoms with van der Waals surface area (Å²) in [6, 6.07) is 10.2. The standard InChI is InChI=1S/C17H15FN4O4/c18-11-3-1-5-14(7-11)21-10-13(9-16(21)23)20-17(24)19-12-4-2-6-15(8-12)22(25)26/h1-8,13H,9-10H2,(H2,19,20,24). The van der Waals surface area contributed by atoms with Crippen LogP contribution in [0.4, 0.5) is 26.2 Å². The predicted molar refractivity (Wildman–Crippen MR) is 92.4 cm³/mol. The highest BCUT2D eigenvalue weighted by atomic mass is 19.1. The summed E-state index contributed by atoms with van der Waals surface area (Å²) < 4.78 is 13.3. The van der Waals surface area contributed by atoms with Gasteiger partial charge in [-0.2, -0.15) is 0 Å². The number of nitro groups is 1. The van der Waals surface area contributed by atoms with Gasteiger partial charge in [-0.25, -0.2) is 9.18 Å². The van der Waals surface area contributed by atoms with E-state index < -0.39 is 22.8 Å². The smallest absolute Gasteiger partial charge is 0.319 e. The molecular formula is C17H15FN4O4. The third kappa shape index (κ3) is 3.94. The fraction of sp³-hybridized carbons (Fsp3) is 0.176. The van der Waals surface area contributed by atoms with Crippen molar-refractivity contribution >= 4 is 29.0 Å². The summed E-state index contributed by atoms with van der Waals surface area (Å²) in [5.74, 6) is -0.675. The molecule has 1 atom stereocenters. The Labute approximate surface area is 147 Å². The number of nitrogens with zero attached hydrogens (tertiary/aromatic N) is 2. The minimum absolute atomic E-state index is 0.0822. The summed E-state index contributed by atoms with van der Waals surface area (Å²) in [6.07, 6.45) is 0.0822. The van der Waals surface area contributed by atoms with Crippen LogP contribution >= 0.6 is 0 Å². The van der Waals surface area contributed by atoms with Crippen molar-refractivity contribution in [2.75, 3.05) is 16.8 Å². The van der Waals surface area contributed by atoms with E-state index in [1.54, 1.807) is 6.07 Å². The molecule has 1 fully saturated rings. The molecule has 1 aliphatic heterocycles. The molecule has 1 heterocycles. The Kier molecular flexibility index (Phi) is 4.78. The zero-order valence-corrected chi connectivity index (χ0v) is 13.5. The molecule has 1 aliphatic rings. The molecule has 0 bridgehead atoms. The van der Waals surface area contributed by atoms with Crippen molar-refractivity contribution in [2.24, 2.45) is 0 Å². The number of benzene rings is 2.